The number of rotatable bonds is 3. The summed E-state index contributed by atoms with van der Waals surface area (Å²) in [5.41, 5.74) is 5.81. The summed E-state index contributed by atoms with van der Waals surface area (Å²) >= 11 is 3.22. The van der Waals surface area contributed by atoms with Crippen molar-refractivity contribution < 1.29 is 14.2 Å². The van der Waals surface area contributed by atoms with Crippen LogP contribution in [0.3, 0.4) is 0 Å². The minimum Gasteiger partial charge on any atom is -0.504 e. The quantitative estimate of drug-likeness (QED) is 0.879. The Kier molecular flexibility index (Phi) is 3.71. The van der Waals surface area contributed by atoms with Crippen LogP contribution >= 0.6 is 15.9 Å². The van der Waals surface area contributed by atoms with Crippen LogP contribution in [0.5, 0.6) is 11.5 Å². The number of phenolic OH excluding ortho intramolecular Hbond substituents is 1. The number of benzene rings is 1. The van der Waals surface area contributed by atoms with Crippen LogP contribution < -0.4 is 10.5 Å². The second-order valence-corrected chi connectivity index (χ2v) is 3.72. The number of halogens is 2. The fraction of sp³-hybridized carbons (Fsp3) is 0.333. The summed E-state index contributed by atoms with van der Waals surface area (Å²) in [6.45, 7) is -0.729. The van der Waals surface area contributed by atoms with Crippen molar-refractivity contribution in [3.8, 4) is 11.5 Å². The minimum absolute atomic E-state index is 0.110. The van der Waals surface area contributed by atoms with Gasteiger partial charge in [0.05, 0.1) is 13.2 Å². The maximum Gasteiger partial charge on any atom is 0.162 e. The zero-order chi connectivity index (χ0) is 10.7. The number of methoxy groups -OCH3 is 1. The maximum atomic E-state index is 12.3. The molecule has 14 heavy (non-hydrogen) atoms. The SMILES string of the molecule is COc1cc(Br)cc([C@@H](N)CF)c1O. The molecule has 0 aliphatic heterocycles. The van der Waals surface area contributed by atoms with Gasteiger partial charge >= 0.3 is 0 Å². The van der Waals surface area contributed by atoms with E-state index in [-0.39, 0.29) is 11.5 Å². The first kappa shape index (κ1) is 11.3. The number of ether oxygens (including phenoxy) is 1. The topological polar surface area (TPSA) is 55.5 Å². The Morgan fingerprint density at radius 2 is 2.29 bits per heavy atom. The van der Waals surface area contributed by atoms with Gasteiger partial charge in [0.2, 0.25) is 0 Å². The minimum atomic E-state index is -0.832. The fourth-order valence-corrected chi connectivity index (χ4v) is 1.57. The molecule has 0 radical (unpaired) electrons. The second kappa shape index (κ2) is 4.61. The lowest BCUT2D eigenvalue weighted by molar-refractivity contribution is 0.362. The highest BCUT2D eigenvalue weighted by molar-refractivity contribution is 9.10. The molecule has 0 fully saturated rings. The van der Waals surface area contributed by atoms with Crippen LogP contribution in [0, 0.1) is 0 Å². The van der Waals surface area contributed by atoms with E-state index in [0.717, 1.165) is 0 Å². The molecule has 1 aromatic rings. The molecule has 0 saturated heterocycles. The van der Waals surface area contributed by atoms with Gasteiger partial charge in [-0.05, 0) is 12.1 Å². The predicted octanol–water partition coefficient (Wildman–Crippen LogP) is 2.13. The van der Waals surface area contributed by atoms with Crippen molar-refractivity contribution in [1.82, 2.24) is 0 Å². The summed E-state index contributed by atoms with van der Waals surface area (Å²) in [6, 6.07) is 2.33. The van der Waals surface area contributed by atoms with E-state index in [2.05, 4.69) is 15.9 Å². The molecule has 1 rings (SSSR count). The van der Waals surface area contributed by atoms with E-state index in [4.69, 9.17) is 10.5 Å². The molecule has 0 spiro atoms. The van der Waals surface area contributed by atoms with Crippen LogP contribution in [0.2, 0.25) is 0 Å². The molecule has 1 atom stereocenters. The van der Waals surface area contributed by atoms with Crippen LogP contribution in [0.15, 0.2) is 16.6 Å². The first-order valence-electron chi connectivity index (χ1n) is 3.98. The Bertz CT molecular complexity index is 333. The Balaban J connectivity index is 3.21. The molecule has 0 aromatic heterocycles. The van der Waals surface area contributed by atoms with Crippen molar-refractivity contribution in [3.05, 3.63) is 22.2 Å². The van der Waals surface area contributed by atoms with Crippen molar-refractivity contribution in [2.24, 2.45) is 5.73 Å². The van der Waals surface area contributed by atoms with Crippen molar-refractivity contribution in [2.45, 2.75) is 6.04 Å². The van der Waals surface area contributed by atoms with Gasteiger partial charge in [-0.2, -0.15) is 0 Å². The van der Waals surface area contributed by atoms with Crippen LogP contribution in [-0.2, 0) is 0 Å². The highest BCUT2D eigenvalue weighted by Gasteiger charge is 2.15. The van der Waals surface area contributed by atoms with Crippen LogP contribution in [0.4, 0.5) is 4.39 Å². The Morgan fingerprint density at radius 3 is 2.79 bits per heavy atom. The summed E-state index contributed by atoms with van der Waals surface area (Å²) in [5, 5.41) is 9.62. The van der Waals surface area contributed by atoms with E-state index in [0.29, 0.717) is 10.0 Å². The number of alkyl halides is 1. The van der Waals surface area contributed by atoms with E-state index < -0.39 is 12.7 Å². The summed E-state index contributed by atoms with van der Waals surface area (Å²) in [7, 11) is 1.42. The summed E-state index contributed by atoms with van der Waals surface area (Å²) in [6.07, 6.45) is 0. The summed E-state index contributed by atoms with van der Waals surface area (Å²) in [5.74, 6) is 0.166. The van der Waals surface area contributed by atoms with E-state index in [9.17, 15) is 9.50 Å². The van der Waals surface area contributed by atoms with E-state index >= 15 is 0 Å². The highest BCUT2D eigenvalue weighted by atomic mass is 79.9. The molecular weight excluding hydrogens is 253 g/mol. The summed E-state index contributed by atoms with van der Waals surface area (Å²) < 4.78 is 17.9. The van der Waals surface area contributed by atoms with E-state index in [1.54, 1.807) is 12.1 Å². The molecule has 5 heteroatoms. The Hall–Kier alpha value is -0.810. The average molecular weight is 264 g/mol. The normalized spacial score (nSPS) is 12.6. The standard InChI is InChI=1S/C9H11BrFNO2/c1-14-8-3-5(10)2-6(9(8)13)7(12)4-11/h2-3,7,13H,4,12H2,1H3/t7-/m0/s1. The molecule has 1 aromatic carbocycles. The lowest BCUT2D eigenvalue weighted by Crippen LogP contribution is -2.12. The smallest absolute Gasteiger partial charge is 0.162 e. The average Bonchev–Trinajstić information content (AvgIpc) is 2.19. The largest absolute Gasteiger partial charge is 0.504 e. The van der Waals surface area contributed by atoms with Gasteiger partial charge in [-0.25, -0.2) is 4.39 Å². The molecule has 0 heterocycles. The monoisotopic (exact) mass is 263 g/mol. The molecular formula is C9H11BrFNO2. The van der Waals surface area contributed by atoms with Gasteiger partial charge in [0.1, 0.15) is 6.67 Å². The summed E-state index contributed by atoms with van der Waals surface area (Å²) in [4.78, 5) is 0. The van der Waals surface area contributed by atoms with Crippen LogP contribution in [0.25, 0.3) is 0 Å². The molecule has 0 bridgehead atoms. The third kappa shape index (κ3) is 2.16. The molecule has 0 unspecified atom stereocenters. The number of aromatic hydroxyl groups is 1. The number of hydrogen-bond donors (Lipinski definition) is 2. The van der Waals surface area contributed by atoms with Crippen molar-refractivity contribution in [1.29, 1.82) is 0 Å². The number of hydrogen-bond acceptors (Lipinski definition) is 3. The Morgan fingerprint density at radius 1 is 1.64 bits per heavy atom. The number of phenols is 1. The molecule has 3 nitrogen and oxygen atoms in total. The Labute approximate surface area is 89.8 Å². The molecule has 0 aliphatic carbocycles. The van der Waals surface area contributed by atoms with Crippen molar-refractivity contribution >= 4 is 15.9 Å². The molecule has 78 valence electrons. The van der Waals surface area contributed by atoms with Gasteiger partial charge in [0.25, 0.3) is 0 Å². The van der Waals surface area contributed by atoms with Crippen molar-refractivity contribution in [3.63, 3.8) is 0 Å². The highest BCUT2D eigenvalue weighted by Crippen LogP contribution is 2.36. The molecule has 0 aliphatic rings. The van der Waals surface area contributed by atoms with Gasteiger partial charge in [-0.3, -0.25) is 0 Å². The van der Waals surface area contributed by atoms with Gasteiger partial charge in [0, 0.05) is 10.0 Å². The van der Waals surface area contributed by atoms with Gasteiger partial charge < -0.3 is 15.6 Å². The van der Waals surface area contributed by atoms with Gasteiger partial charge in [-0.1, -0.05) is 15.9 Å². The zero-order valence-electron chi connectivity index (χ0n) is 7.63. The van der Waals surface area contributed by atoms with Crippen LogP contribution in [0.1, 0.15) is 11.6 Å². The molecule has 3 N–H and O–H groups in total. The van der Waals surface area contributed by atoms with Crippen molar-refractivity contribution in [2.75, 3.05) is 13.8 Å². The first-order chi connectivity index (χ1) is 6.60. The van der Waals surface area contributed by atoms with E-state index in [1.807, 2.05) is 0 Å². The maximum absolute atomic E-state index is 12.3. The fourth-order valence-electron chi connectivity index (χ4n) is 1.12. The number of nitrogens with two attached hydrogens (primary N) is 1. The van der Waals surface area contributed by atoms with Gasteiger partial charge in [0.15, 0.2) is 11.5 Å². The third-order valence-corrected chi connectivity index (χ3v) is 2.31. The van der Waals surface area contributed by atoms with Crippen LogP contribution in [-0.4, -0.2) is 18.9 Å². The zero-order valence-corrected chi connectivity index (χ0v) is 9.21. The first-order valence-corrected chi connectivity index (χ1v) is 4.77. The van der Waals surface area contributed by atoms with E-state index in [1.165, 1.54) is 7.11 Å². The predicted molar refractivity (Wildman–Crippen MR) is 55.3 cm³/mol. The second-order valence-electron chi connectivity index (χ2n) is 2.81. The lowest BCUT2D eigenvalue weighted by Gasteiger charge is -2.13. The lowest BCUT2D eigenvalue weighted by atomic mass is 10.1. The molecule has 0 amide bonds. The molecule has 0 saturated carbocycles. The third-order valence-electron chi connectivity index (χ3n) is 1.85. The van der Waals surface area contributed by atoms with Gasteiger partial charge in [-0.15, -0.1) is 0 Å².